The summed E-state index contributed by atoms with van der Waals surface area (Å²) in [5, 5.41) is 9.68. The van der Waals surface area contributed by atoms with Gasteiger partial charge in [-0.15, -0.1) is 11.8 Å². The van der Waals surface area contributed by atoms with Gasteiger partial charge in [0.2, 0.25) is 0 Å². The molecule has 0 saturated heterocycles. The van der Waals surface area contributed by atoms with Crippen molar-refractivity contribution in [2.24, 2.45) is 0 Å². The van der Waals surface area contributed by atoms with Crippen molar-refractivity contribution in [3.63, 3.8) is 0 Å². The zero-order chi connectivity index (χ0) is 18.8. The molecule has 3 rings (SSSR count). The van der Waals surface area contributed by atoms with Crippen LogP contribution in [0, 0.1) is 0 Å². The Kier molecular flexibility index (Phi) is 5.20. The number of benzene rings is 2. The van der Waals surface area contributed by atoms with E-state index in [0.29, 0.717) is 5.02 Å². The van der Waals surface area contributed by atoms with Crippen LogP contribution < -0.4 is 11.2 Å². The van der Waals surface area contributed by atoms with E-state index in [9.17, 15) is 14.4 Å². The highest BCUT2D eigenvalue weighted by Crippen LogP contribution is 2.17. The Balaban J connectivity index is 2.21. The van der Waals surface area contributed by atoms with E-state index in [1.807, 2.05) is 30.5 Å². The molecule has 0 spiro atoms. The molecule has 0 aliphatic rings. The molecule has 0 aliphatic heterocycles. The van der Waals surface area contributed by atoms with Crippen LogP contribution >= 0.6 is 23.4 Å². The van der Waals surface area contributed by atoms with Gasteiger partial charge in [-0.1, -0.05) is 23.7 Å². The minimum Gasteiger partial charge on any atom is -0.480 e. The molecule has 1 heterocycles. The van der Waals surface area contributed by atoms with Crippen molar-refractivity contribution in [1.82, 2.24) is 9.13 Å². The number of rotatable bonds is 5. The number of thioether (sulfide) groups is 1. The fourth-order valence-electron chi connectivity index (χ4n) is 2.74. The van der Waals surface area contributed by atoms with Gasteiger partial charge < -0.3 is 5.11 Å². The lowest BCUT2D eigenvalue weighted by atomic mass is 10.2. The Bertz CT molecular complexity index is 1100. The predicted octanol–water partition coefficient (Wildman–Crippen LogP) is 2.67. The van der Waals surface area contributed by atoms with Crippen molar-refractivity contribution >= 4 is 40.2 Å². The van der Waals surface area contributed by atoms with Gasteiger partial charge in [0.15, 0.2) is 0 Å². The van der Waals surface area contributed by atoms with Gasteiger partial charge in [-0.2, -0.15) is 0 Å². The first-order valence-electron chi connectivity index (χ1n) is 7.68. The van der Waals surface area contributed by atoms with E-state index in [4.69, 9.17) is 16.7 Å². The molecule has 134 valence electrons. The highest BCUT2D eigenvalue weighted by atomic mass is 35.5. The molecule has 1 N–H and O–H groups in total. The van der Waals surface area contributed by atoms with Crippen LogP contribution in [0.2, 0.25) is 5.02 Å². The topological polar surface area (TPSA) is 81.3 Å². The highest BCUT2D eigenvalue weighted by Gasteiger charge is 2.15. The molecule has 1 aromatic heterocycles. The normalized spacial score (nSPS) is 11.0. The average molecular weight is 391 g/mol. The van der Waals surface area contributed by atoms with E-state index in [0.717, 1.165) is 19.6 Å². The monoisotopic (exact) mass is 390 g/mol. The Hall–Kier alpha value is -2.51. The summed E-state index contributed by atoms with van der Waals surface area (Å²) in [7, 11) is 0. The van der Waals surface area contributed by atoms with E-state index in [1.54, 1.807) is 11.8 Å². The second-order valence-electron chi connectivity index (χ2n) is 5.66. The molecule has 0 unspecified atom stereocenters. The van der Waals surface area contributed by atoms with Gasteiger partial charge in [-0.25, -0.2) is 4.79 Å². The zero-order valence-electron chi connectivity index (χ0n) is 13.8. The molecule has 26 heavy (non-hydrogen) atoms. The number of hydrogen-bond acceptors (Lipinski definition) is 4. The largest absolute Gasteiger partial charge is 0.480 e. The number of carboxylic acids is 1. The summed E-state index contributed by atoms with van der Waals surface area (Å²) in [5.41, 5.74) is -0.143. The molecule has 0 amide bonds. The van der Waals surface area contributed by atoms with Gasteiger partial charge in [0, 0.05) is 9.92 Å². The highest BCUT2D eigenvalue weighted by molar-refractivity contribution is 7.98. The molecule has 0 bridgehead atoms. The van der Waals surface area contributed by atoms with E-state index in [1.165, 1.54) is 18.2 Å². The quantitative estimate of drug-likeness (QED) is 0.677. The molecule has 2 aromatic carbocycles. The number of fused-ring (bicyclic) bond motifs is 1. The summed E-state index contributed by atoms with van der Waals surface area (Å²) in [6.07, 6.45) is 1.96. The zero-order valence-corrected chi connectivity index (χ0v) is 15.4. The van der Waals surface area contributed by atoms with Crippen LogP contribution in [0.15, 0.2) is 56.9 Å². The second-order valence-corrected chi connectivity index (χ2v) is 6.98. The number of aromatic nitrogens is 2. The van der Waals surface area contributed by atoms with Gasteiger partial charge >= 0.3 is 11.7 Å². The maximum atomic E-state index is 12.8. The SMILES string of the molecule is CSc1ccc(Cn2c(=O)c3cc(Cl)ccc3n(CC(=O)O)c2=O)cc1. The number of hydrogen-bond donors (Lipinski definition) is 1. The summed E-state index contributed by atoms with van der Waals surface area (Å²) in [6, 6.07) is 11.9. The second kappa shape index (κ2) is 7.39. The van der Waals surface area contributed by atoms with Crippen LogP contribution in [0.5, 0.6) is 0 Å². The van der Waals surface area contributed by atoms with Gasteiger partial charge in [-0.3, -0.25) is 18.7 Å². The molecule has 0 radical (unpaired) electrons. The fourth-order valence-corrected chi connectivity index (χ4v) is 3.32. The third-order valence-electron chi connectivity index (χ3n) is 3.98. The number of halogens is 1. The maximum absolute atomic E-state index is 12.8. The van der Waals surface area contributed by atoms with E-state index < -0.39 is 23.8 Å². The number of carbonyl (C=O) groups is 1. The summed E-state index contributed by atoms with van der Waals surface area (Å²) < 4.78 is 2.11. The van der Waals surface area contributed by atoms with Crippen molar-refractivity contribution in [1.29, 1.82) is 0 Å². The molecule has 3 aromatic rings. The molecule has 6 nitrogen and oxygen atoms in total. The average Bonchev–Trinajstić information content (AvgIpc) is 2.62. The van der Waals surface area contributed by atoms with Crippen LogP contribution in [-0.4, -0.2) is 26.5 Å². The van der Waals surface area contributed by atoms with Gasteiger partial charge in [-0.05, 0) is 42.2 Å². The molecule has 8 heteroatoms. The lowest BCUT2D eigenvalue weighted by molar-refractivity contribution is -0.137. The molecular weight excluding hydrogens is 376 g/mol. The Labute approximate surface area is 157 Å². The van der Waals surface area contributed by atoms with Crippen molar-refractivity contribution in [3.8, 4) is 0 Å². The molecule has 0 atom stereocenters. The smallest absolute Gasteiger partial charge is 0.332 e. The Morgan fingerprint density at radius 3 is 2.42 bits per heavy atom. The van der Waals surface area contributed by atoms with Crippen LogP contribution in [0.3, 0.4) is 0 Å². The van der Waals surface area contributed by atoms with Crippen molar-refractivity contribution in [2.75, 3.05) is 6.26 Å². The van der Waals surface area contributed by atoms with Gasteiger partial charge in [0.1, 0.15) is 6.54 Å². The molecule has 0 saturated carbocycles. The predicted molar refractivity (Wildman–Crippen MR) is 102 cm³/mol. The van der Waals surface area contributed by atoms with Crippen LogP contribution in [0.25, 0.3) is 10.9 Å². The molecular formula is C18H15ClN2O4S. The fraction of sp³-hybridized carbons (Fsp3) is 0.167. The van der Waals surface area contributed by atoms with Crippen LogP contribution in [-0.2, 0) is 17.9 Å². The van der Waals surface area contributed by atoms with Crippen LogP contribution in [0.1, 0.15) is 5.56 Å². The van der Waals surface area contributed by atoms with Crippen molar-refractivity contribution < 1.29 is 9.90 Å². The minimum atomic E-state index is -1.17. The first-order chi connectivity index (χ1) is 12.4. The van der Waals surface area contributed by atoms with Gasteiger partial charge in [0.25, 0.3) is 5.56 Å². The minimum absolute atomic E-state index is 0.0500. The summed E-state index contributed by atoms with van der Waals surface area (Å²) in [4.78, 5) is 37.8. The van der Waals surface area contributed by atoms with Crippen LogP contribution in [0.4, 0.5) is 0 Å². The Morgan fingerprint density at radius 1 is 1.12 bits per heavy atom. The lowest BCUT2D eigenvalue weighted by Gasteiger charge is -2.13. The maximum Gasteiger partial charge on any atom is 0.332 e. The van der Waals surface area contributed by atoms with Gasteiger partial charge in [0.05, 0.1) is 17.4 Å². The third-order valence-corrected chi connectivity index (χ3v) is 4.96. The van der Waals surface area contributed by atoms with E-state index in [2.05, 4.69) is 0 Å². The van der Waals surface area contributed by atoms with E-state index in [-0.39, 0.29) is 17.4 Å². The molecule has 0 aliphatic carbocycles. The number of carboxylic acid groups (broad SMARTS) is 1. The standard InChI is InChI=1S/C18H15ClN2O4S/c1-26-13-5-2-11(3-6-13)9-21-17(24)14-8-12(19)4-7-15(14)20(18(21)25)10-16(22)23/h2-8H,9-10H2,1H3,(H,22,23). The Morgan fingerprint density at radius 2 is 1.81 bits per heavy atom. The van der Waals surface area contributed by atoms with Crippen molar-refractivity contribution in [2.45, 2.75) is 18.0 Å². The third kappa shape index (κ3) is 3.54. The van der Waals surface area contributed by atoms with Crippen molar-refractivity contribution in [3.05, 3.63) is 73.9 Å². The summed E-state index contributed by atoms with van der Waals surface area (Å²) >= 11 is 7.57. The van der Waals surface area contributed by atoms with E-state index >= 15 is 0 Å². The summed E-state index contributed by atoms with van der Waals surface area (Å²) in [6.45, 7) is -0.489. The summed E-state index contributed by atoms with van der Waals surface area (Å²) in [5.74, 6) is -1.17. The first-order valence-corrected chi connectivity index (χ1v) is 9.28. The molecule has 0 fully saturated rings. The first kappa shape index (κ1) is 18.3. The number of nitrogens with zero attached hydrogens (tertiary/aromatic N) is 2. The number of aliphatic carboxylic acids is 1. The lowest BCUT2D eigenvalue weighted by Crippen LogP contribution is -2.41.